The van der Waals surface area contributed by atoms with Gasteiger partial charge < -0.3 is 14.8 Å². The molecule has 0 spiro atoms. The number of methoxy groups -OCH3 is 2. The van der Waals surface area contributed by atoms with Gasteiger partial charge in [0.25, 0.3) is 0 Å². The lowest BCUT2D eigenvalue weighted by Gasteiger charge is -2.17. The van der Waals surface area contributed by atoms with E-state index in [-0.39, 0.29) is 5.54 Å². The van der Waals surface area contributed by atoms with Crippen LogP contribution < -0.4 is 14.8 Å². The number of rotatable bonds is 5. The van der Waals surface area contributed by atoms with Crippen molar-refractivity contribution >= 4 is 26.7 Å². The standard InChI is InChI=1S/C16H21N5O2S/c1-16(2,3)21-9-10(19-20-21)8-17-15-18-11-6-12(22-4)13(23-5)7-14(11)24-15/h6-7,9H,8H2,1-5H3,(H,17,18). The lowest BCUT2D eigenvalue weighted by Crippen LogP contribution is -2.22. The molecule has 0 fully saturated rings. The summed E-state index contributed by atoms with van der Waals surface area (Å²) >= 11 is 1.56. The zero-order valence-corrected chi connectivity index (χ0v) is 15.3. The maximum atomic E-state index is 5.33. The van der Waals surface area contributed by atoms with Crippen LogP contribution in [0.3, 0.4) is 0 Å². The minimum absolute atomic E-state index is 0.0752. The Morgan fingerprint density at radius 1 is 1.17 bits per heavy atom. The highest BCUT2D eigenvalue weighted by Crippen LogP contribution is 2.36. The molecule has 1 aromatic carbocycles. The van der Waals surface area contributed by atoms with Gasteiger partial charge in [0.15, 0.2) is 16.6 Å². The molecule has 1 N–H and O–H groups in total. The summed E-state index contributed by atoms with van der Waals surface area (Å²) < 4.78 is 13.5. The third-order valence-electron chi connectivity index (χ3n) is 3.54. The van der Waals surface area contributed by atoms with Crippen LogP contribution in [0.25, 0.3) is 10.2 Å². The first-order chi connectivity index (χ1) is 11.4. The fraction of sp³-hybridized carbons (Fsp3) is 0.438. The van der Waals surface area contributed by atoms with Crippen LogP contribution in [-0.2, 0) is 12.1 Å². The average molecular weight is 347 g/mol. The number of hydrogen-bond acceptors (Lipinski definition) is 7. The molecule has 0 aliphatic carbocycles. The molecule has 0 bridgehead atoms. The van der Waals surface area contributed by atoms with E-state index in [1.54, 1.807) is 25.6 Å². The van der Waals surface area contributed by atoms with Gasteiger partial charge in [-0.15, -0.1) is 5.10 Å². The number of aromatic nitrogens is 4. The van der Waals surface area contributed by atoms with Crippen LogP contribution in [0.1, 0.15) is 26.5 Å². The van der Waals surface area contributed by atoms with Crippen LogP contribution in [0.4, 0.5) is 5.13 Å². The molecule has 0 aliphatic rings. The van der Waals surface area contributed by atoms with Crippen LogP contribution in [0.5, 0.6) is 11.5 Å². The Bertz CT molecular complexity index is 809. The van der Waals surface area contributed by atoms with Crippen LogP contribution >= 0.6 is 11.3 Å². The maximum absolute atomic E-state index is 5.33. The molecule has 128 valence electrons. The molecule has 0 aliphatic heterocycles. The zero-order chi connectivity index (χ0) is 17.3. The Morgan fingerprint density at radius 2 is 1.88 bits per heavy atom. The number of benzene rings is 1. The second-order valence-corrected chi connectivity index (χ2v) is 7.40. The van der Waals surface area contributed by atoms with Gasteiger partial charge in [-0.2, -0.15) is 0 Å². The fourth-order valence-electron chi connectivity index (χ4n) is 2.20. The Balaban J connectivity index is 1.77. The molecular weight excluding hydrogens is 326 g/mol. The van der Waals surface area contributed by atoms with Gasteiger partial charge in [-0.05, 0) is 20.8 Å². The lowest BCUT2D eigenvalue weighted by molar-refractivity contribution is 0.347. The Hall–Kier alpha value is -2.35. The summed E-state index contributed by atoms with van der Waals surface area (Å²) in [5.74, 6) is 1.38. The predicted molar refractivity (Wildman–Crippen MR) is 95.1 cm³/mol. The number of nitrogens with zero attached hydrogens (tertiary/aromatic N) is 4. The van der Waals surface area contributed by atoms with Gasteiger partial charge in [0, 0.05) is 12.1 Å². The monoisotopic (exact) mass is 347 g/mol. The highest BCUT2D eigenvalue weighted by molar-refractivity contribution is 7.22. The summed E-state index contributed by atoms with van der Waals surface area (Å²) in [6, 6.07) is 3.82. The summed E-state index contributed by atoms with van der Waals surface area (Å²) in [6.07, 6.45) is 1.95. The van der Waals surface area contributed by atoms with Gasteiger partial charge in [0.2, 0.25) is 0 Å². The van der Waals surface area contributed by atoms with Crippen molar-refractivity contribution in [3.05, 3.63) is 24.0 Å². The van der Waals surface area contributed by atoms with E-state index in [9.17, 15) is 0 Å². The summed E-state index contributed by atoms with van der Waals surface area (Å²) in [7, 11) is 3.25. The minimum Gasteiger partial charge on any atom is -0.493 e. The van der Waals surface area contributed by atoms with Crippen LogP contribution in [0.15, 0.2) is 18.3 Å². The molecule has 2 aromatic heterocycles. The van der Waals surface area contributed by atoms with Gasteiger partial charge in [0.05, 0.1) is 42.7 Å². The summed E-state index contributed by atoms with van der Waals surface area (Å²) in [4.78, 5) is 4.58. The summed E-state index contributed by atoms with van der Waals surface area (Å²) in [5, 5.41) is 12.5. The molecule has 3 aromatic rings. The van der Waals surface area contributed by atoms with Gasteiger partial charge in [-0.3, -0.25) is 0 Å². The van der Waals surface area contributed by atoms with Crippen LogP contribution in [0.2, 0.25) is 0 Å². The molecule has 0 amide bonds. The fourth-order valence-corrected chi connectivity index (χ4v) is 3.08. The molecule has 0 unspecified atom stereocenters. The number of hydrogen-bond donors (Lipinski definition) is 1. The predicted octanol–water partition coefficient (Wildman–Crippen LogP) is 3.27. The van der Waals surface area contributed by atoms with E-state index in [4.69, 9.17) is 9.47 Å². The van der Waals surface area contributed by atoms with E-state index in [0.717, 1.165) is 21.0 Å². The Labute approximate surface area is 144 Å². The molecule has 0 radical (unpaired) electrons. The molecule has 2 heterocycles. The first-order valence-corrected chi connectivity index (χ1v) is 8.40. The topological polar surface area (TPSA) is 74.1 Å². The summed E-state index contributed by atoms with van der Waals surface area (Å²) in [6.45, 7) is 6.85. The highest BCUT2D eigenvalue weighted by atomic mass is 32.1. The largest absolute Gasteiger partial charge is 0.493 e. The van der Waals surface area contributed by atoms with E-state index < -0.39 is 0 Å². The molecule has 0 atom stereocenters. The maximum Gasteiger partial charge on any atom is 0.184 e. The second-order valence-electron chi connectivity index (χ2n) is 6.37. The third kappa shape index (κ3) is 3.28. The molecule has 3 rings (SSSR count). The molecule has 24 heavy (non-hydrogen) atoms. The first kappa shape index (κ1) is 16.5. The number of ether oxygens (including phenoxy) is 2. The molecule has 8 heteroatoms. The van der Waals surface area contributed by atoms with Crippen molar-refractivity contribution < 1.29 is 9.47 Å². The van der Waals surface area contributed by atoms with E-state index in [0.29, 0.717) is 18.0 Å². The second kappa shape index (κ2) is 6.27. The number of nitrogens with one attached hydrogen (secondary N) is 1. The zero-order valence-electron chi connectivity index (χ0n) is 14.5. The van der Waals surface area contributed by atoms with Crippen molar-refractivity contribution in [2.45, 2.75) is 32.9 Å². The normalized spacial score (nSPS) is 11.7. The van der Waals surface area contributed by atoms with Crippen molar-refractivity contribution in [2.75, 3.05) is 19.5 Å². The molecule has 0 saturated carbocycles. The van der Waals surface area contributed by atoms with Crippen molar-refractivity contribution in [2.24, 2.45) is 0 Å². The van der Waals surface area contributed by atoms with Crippen molar-refractivity contribution in [3.8, 4) is 11.5 Å². The van der Waals surface area contributed by atoms with Crippen molar-refractivity contribution in [1.29, 1.82) is 0 Å². The Morgan fingerprint density at radius 3 is 2.50 bits per heavy atom. The van der Waals surface area contributed by atoms with Gasteiger partial charge in [-0.25, -0.2) is 9.67 Å². The molecule has 0 saturated heterocycles. The molecular formula is C16H21N5O2S. The molecule has 7 nitrogen and oxygen atoms in total. The number of anilines is 1. The van der Waals surface area contributed by atoms with Gasteiger partial charge in [-0.1, -0.05) is 16.6 Å². The van der Waals surface area contributed by atoms with Crippen LogP contribution in [0, 0.1) is 0 Å². The Kier molecular flexibility index (Phi) is 4.31. The highest BCUT2D eigenvalue weighted by Gasteiger charge is 2.15. The van der Waals surface area contributed by atoms with E-state index in [1.807, 2.05) is 23.0 Å². The van der Waals surface area contributed by atoms with E-state index in [1.165, 1.54) is 0 Å². The van der Waals surface area contributed by atoms with Gasteiger partial charge >= 0.3 is 0 Å². The lowest BCUT2D eigenvalue weighted by atomic mass is 10.1. The SMILES string of the molecule is COc1cc2nc(NCc3cn(C(C)(C)C)nn3)sc2cc1OC. The quantitative estimate of drug-likeness (QED) is 0.763. The van der Waals surface area contributed by atoms with Crippen LogP contribution in [-0.4, -0.2) is 34.2 Å². The average Bonchev–Trinajstić information content (AvgIpc) is 3.17. The third-order valence-corrected chi connectivity index (χ3v) is 4.52. The minimum atomic E-state index is -0.0752. The van der Waals surface area contributed by atoms with Crippen molar-refractivity contribution in [3.63, 3.8) is 0 Å². The number of thiazole rings is 1. The summed E-state index contributed by atoms with van der Waals surface area (Å²) in [5.41, 5.74) is 1.67. The van der Waals surface area contributed by atoms with Gasteiger partial charge in [0.1, 0.15) is 5.69 Å². The first-order valence-electron chi connectivity index (χ1n) is 7.59. The van der Waals surface area contributed by atoms with Crippen molar-refractivity contribution in [1.82, 2.24) is 20.0 Å². The van der Waals surface area contributed by atoms with E-state index >= 15 is 0 Å². The van der Waals surface area contributed by atoms with E-state index in [2.05, 4.69) is 41.4 Å². The smallest absolute Gasteiger partial charge is 0.184 e. The number of fused-ring (bicyclic) bond motifs is 1.